The molecule has 0 unspecified atom stereocenters. The fraction of sp³-hybridized carbons (Fsp3) is 0.514. The Hall–Kier alpha value is -4.68. The fourth-order valence-corrected chi connectivity index (χ4v) is 7.70. The molecule has 12 nitrogen and oxygen atoms in total. The minimum atomic E-state index is -4.75. The first-order valence-electron chi connectivity index (χ1n) is 16.7. The van der Waals surface area contributed by atoms with Gasteiger partial charge in [-0.05, 0) is 51.3 Å². The van der Waals surface area contributed by atoms with E-state index in [9.17, 15) is 18.0 Å². The number of hydrogen-bond donors (Lipinski definition) is 1. The van der Waals surface area contributed by atoms with Crippen LogP contribution in [0.5, 0.6) is 6.01 Å². The molecule has 2 atom stereocenters. The summed E-state index contributed by atoms with van der Waals surface area (Å²) in [5.74, 6) is 5.38. The van der Waals surface area contributed by atoms with Gasteiger partial charge >= 0.3 is 12.2 Å². The van der Waals surface area contributed by atoms with Crippen LogP contribution in [0.1, 0.15) is 83.0 Å². The molecule has 4 aliphatic rings. The summed E-state index contributed by atoms with van der Waals surface area (Å²) in [6.45, 7) is 9.40. The van der Waals surface area contributed by atoms with Crippen LogP contribution in [0.15, 0.2) is 24.3 Å². The van der Waals surface area contributed by atoms with E-state index in [4.69, 9.17) is 25.2 Å². The average Bonchev–Trinajstić information content (AvgIpc) is 3.69. The number of ether oxygens (including phenoxy) is 2. The molecule has 0 aliphatic carbocycles. The summed E-state index contributed by atoms with van der Waals surface area (Å²) in [5, 5.41) is 4.56. The van der Waals surface area contributed by atoms with Crippen LogP contribution in [0.25, 0.3) is 0 Å². The Balaban J connectivity index is 1.27. The summed E-state index contributed by atoms with van der Waals surface area (Å²) < 4.78 is 58.0. The number of nitrogens with zero attached hydrogens (tertiary/aromatic N) is 8. The van der Waals surface area contributed by atoms with Crippen molar-refractivity contribution in [3.63, 3.8) is 0 Å². The Morgan fingerprint density at radius 2 is 2.00 bits per heavy atom. The number of alkyl halides is 3. The maximum atomic E-state index is 14.5. The first-order valence-corrected chi connectivity index (χ1v) is 16.7. The van der Waals surface area contributed by atoms with E-state index in [2.05, 4.69) is 38.3 Å². The van der Waals surface area contributed by atoms with Crippen LogP contribution in [-0.4, -0.2) is 86.3 Å². The summed E-state index contributed by atoms with van der Waals surface area (Å²) >= 11 is 0. The van der Waals surface area contributed by atoms with E-state index in [1.165, 1.54) is 11.8 Å². The van der Waals surface area contributed by atoms with Crippen LogP contribution in [0.2, 0.25) is 0 Å². The lowest BCUT2D eigenvalue weighted by Crippen LogP contribution is -2.43. The van der Waals surface area contributed by atoms with Crippen LogP contribution >= 0.6 is 0 Å². The second-order valence-corrected chi connectivity index (χ2v) is 13.7. The Morgan fingerprint density at radius 1 is 1.18 bits per heavy atom. The second-order valence-electron chi connectivity index (χ2n) is 13.7. The van der Waals surface area contributed by atoms with Gasteiger partial charge in [0.05, 0.1) is 41.3 Å². The number of carbonyl (C=O) groups is 1. The average molecular weight is 692 g/mol. The van der Waals surface area contributed by atoms with E-state index in [0.717, 1.165) is 49.7 Å². The third-order valence-electron chi connectivity index (χ3n) is 9.92. The van der Waals surface area contributed by atoms with E-state index >= 15 is 0 Å². The first-order chi connectivity index (χ1) is 23.8. The maximum absolute atomic E-state index is 14.5. The van der Waals surface area contributed by atoms with Crippen molar-refractivity contribution in [3.8, 4) is 17.9 Å². The van der Waals surface area contributed by atoms with Crippen molar-refractivity contribution in [1.29, 1.82) is 0 Å². The van der Waals surface area contributed by atoms with Gasteiger partial charge in [0.15, 0.2) is 5.69 Å². The third-order valence-corrected chi connectivity index (χ3v) is 9.92. The van der Waals surface area contributed by atoms with E-state index in [0.29, 0.717) is 55.4 Å². The molecular weight excluding hydrogens is 651 g/mol. The van der Waals surface area contributed by atoms with Crippen molar-refractivity contribution in [2.24, 2.45) is 0 Å². The van der Waals surface area contributed by atoms with Crippen LogP contribution < -0.4 is 15.4 Å². The number of hydrogen-bond acceptors (Lipinski definition) is 10. The van der Waals surface area contributed by atoms with Gasteiger partial charge in [-0.25, -0.2) is 4.98 Å². The van der Waals surface area contributed by atoms with E-state index < -0.39 is 17.8 Å². The summed E-state index contributed by atoms with van der Waals surface area (Å²) in [5.41, 5.74) is 7.79. The van der Waals surface area contributed by atoms with E-state index in [1.807, 2.05) is 4.68 Å². The first kappa shape index (κ1) is 33.8. The molecule has 7 heterocycles. The molecule has 0 spiro atoms. The van der Waals surface area contributed by atoms with Gasteiger partial charge in [0.1, 0.15) is 24.3 Å². The summed E-state index contributed by atoms with van der Waals surface area (Å²) in [4.78, 5) is 32.5. The number of pyridine rings is 1. The number of nitrogens with two attached hydrogens (primary N) is 1. The van der Waals surface area contributed by atoms with Gasteiger partial charge in [-0.2, -0.15) is 28.2 Å². The lowest BCUT2D eigenvalue weighted by atomic mass is 9.94. The minimum absolute atomic E-state index is 0.0128. The molecule has 2 saturated heterocycles. The van der Waals surface area contributed by atoms with Gasteiger partial charge in [0, 0.05) is 51.3 Å². The molecule has 264 valence electrons. The molecule has 2 fully saturated rings. The second kappa shape index (κ2) is 12.9. The van der Waals surface area contributed by atoms with Gasteiger partial charge in [0.25, 0.3) is 5.91 Å². The van der Waals surface area contributed by atoms with Crippen LogP contribution in [0, 0.1) is 11.8 Å². The molecule has 50 heavy (non-hydrogen) atoms. The fourth-order valence-electron chi connectivity index (χ4n) is 7.70. The number of fused-ring (bicyclic) bond motifs is 3. The van der Waals surface area contributed by atoms with Crippen LogP contribution in [0.4, 0.5) is 24.8 Å². The van der Waals surface area contributed by atoms with E-state index in [-0.39, 0.29) is 47.6 Å². The minimum Gasteiger partial charge on any atom is -0.461 e. The standard InChI is InChI=1S/C35H40F3N9O3/c1-5-8-22-13-28(39)41-30(29(22)35(36,37)38)27-15-25-24(19-49-27)31(42-33(40-25)50-20-34-9-6-11-46(34)17-21(2)16-34)45-10-7-12-47-23(18-45)14-26(43-47)32(48)44(3)4/h13-14,27H,2,6-7,9-12,15-20H2,1,3-4H3,(H2,39,41)/t27-,34+/m0/s1. The molecule has 2 N–H and O–H groups in total. The molecule has 7 rings (SSSR count). The summed E-state index contributed by atoms with van der Waals surface area (Å²) in [6, 6.07) is 3.07. The SMILES string of the molecule is C=C1CN2CCC[C@]2(COc2nc3c(c(N4CCCn5nc(C(=O)N(C)C)cc5C4)n2)CO[C@H](c2nc(N)cc(C#CC)c2C(F)(F)F)C3)C1. The molecule has 0 bridgehead atoms. The number of rotatable bonds is 6. The Morgan fingerprint density at radius 3 is 2.76 bits per heavy atom. The van der Waals surface area contributed by atoms with Gasteiger partial charge in [-0.1, -0.05) is 18.1 Å². The van der Waals surface area contributed by atoms with Crippen molar-refractivity contribution in [2.45, 2.75) is 76.5 Å². The number of carbonyl (C=O) groups excluding carboxylic acids is 1. The predicted octanol–water partition coefficient (Wildman–Crippen LogP) is 4.14. The highest BCUT2D eigenvalue weighted by molar-refractivity contribution is 5.92. The van der Waals surface area contributed by atoms with Gasteiger partial charge in [-0.15, -0.1) is 5.92 Å². The molecule has 15 heteroatoms. The highest BCUT2D eigenvalue weighted by Crippen LogP contribution is 2.43. The van der Waals surface area contributed by atoms with Gasteiger partial charge in [-0.3, -0.25) is 14.4 Å². The molecule has 4 aliphatic heterocycles. The van der Waals surface area contributed by atoms with Crippen molar-refractivity contribution < 1.29 is 27.4 Å². The highest BCUT2D eigenvalue weighted by Gasteiger charge is 2.47. The largest absolute Gasteiger partial charge is 0.461 e. The Labute approximate surface area is 288 Å². The number of halogens is 3. The predicted molar refractivity (Wildman–Crippen MR) is 178 cm³/mol. The molecule has 0 saturated carbocycles. The Bertz CT molecular complexity index is 1910. The van der Waals surface area contributed by atoms with Crippen molar-refractivity contribution in [3.05, 3.63) is 63.8 Å². The number of aryl methyl sites for hydroxylation is 1. The molecular formula is C35H40F3N9O3. The summed E-state index contributed by atoms with van der Waals surface area (Å²) in [7, 11) is 3.36. The monoisotopic (exact) mass is 691 g/mol. The molecule has 0 radical (unpaired) electrons. The summed E-state index contributed by atoms with van der Waals surface area (Å²) in [6.07, 6.45) is -2.28. The van der Waals surface area contributed by atoms with Crippen molar-refractivity contribution in [1.82, 2.24) is 34.5 Å². The number of aromatic nitrogens is 5. The molecule has 1 amide bonds. The quantitative estimate of drug-likeness (QED) is 0.298. The number of anilines is 2. The zero-order valence-corrected chi connectivity index (χ0v) is 28.4. The van der Waals surface area contributed by atoms with E-state index in [1.54, 1.807) is 20.2 Å². The smallest absolute Gasteiger partial charge is 0.419 e. The van der Waals surface area contributed by atoms with Gasteiger partial charge in [0.2, 0.25) is 0 Å². The topological polar surface area (TPSA) is 128 Å². The van der Waals surface area contributed by atoms with Gasteiger partial charge < -0.3 is 25.0 Å². The number of amides is 1. The normalized spacial score (nSPS) is 21.9. The maximum Gasteiger partial charge on any atom is 0.419 e. The van der Waals surface area contributed by atoms with Crippen LogP contribution in [0.3, 0.4) is 0 Å². The zero-order valence-electron chi connectivity index (χ0n) is 28.4. The number of nitrogen functional groups attached to an aromatic ring is 1. The van der Waals surface area contributed by atoms with Crippen LogP contribution in [-0.2, 0) is 37.0 Å². The highest BCUT2D eigenvalue weighted by atomic mass is 19.4. The molecule has 3 aromatic rings. The van der Waals surface area contributed by atoms with Crippen molar-refractivity contribution >= 4 is 17.5 Å². The lowest BCUT2D eigenvalue weighted by Gasteiger charge is -2.33. The lowest BCUT2D eigenvalue weighted by molar-refractivity contribution is -0.140. The van der Waals surface area contributed by atoms with Crippen molar-refractivity contribution in [2.75, 3.05) is 51.0 Å². The third kappa shape index (κ3) is 6.26. The zero-order chi connectivity index (χ0) is 35.4. The molecule has 3 aromatic heterocycles. The molecule has 0 aromatic carbocycles. The Kier molecular flexibility index (Phi) is 8.72.